The standard InChI is InChI=1S/C18H20N2O3/c1-3-19(4-2)11-5-7-12(8-6-11)20-17(21)15-13-9-10-14(23-13)16(15)18(20)22/h5-10,13-16H,3-4H2,1-2H3. The fourth-order valence-electron chi connectivity index (χ4n) is 3.96. The molecule has 0 N–H and O–H groups in total. The van der Waals surface area contributed by atoms with E-state index >= 15 is 0 Å². The molecule has 0 aliphatic carbocycles. The Kier molecular flexibility index (Phi) is 3.27. The molecular formula is C18H20N2O3. The number of nitrogens with zero attached hydrogens (tertiary/aromatic N) is 2. The molecule has 3 aliphatic heterocycles. The summed E-state index contributed by atoms with van der Waals surface area (Å²) in [5.41, 5.74) is 1.76. The summed E-state index contributed by atoms with van der Waals surface area (Å²) >= 11 is 0. The summed E-state index contributed by atoms with van der Waals surface area (Å²) in [6.45, 7) is 6.06. The first-order valence-corrected chi connectivity index (χ1v) is 8.22. The summed E-state index contributed by atoms with van der Waals surface area (Å²) in [5.74, 6) is -0.959. The second-order valence-corrected chi connectivity index (χ2v) is 6.20. The Morgan fingerprint density at radius 2 is 1.48 bits per heavy atom. The maximum Gasteiger partial charge on any atom is 0.240 e. The molecule has 2 amide bonds. The van der Waals surface area contributed by atoms with Crippen LogP contribution in [0.15, 0.2) is 36.4 Å². The van der Waals surface area contributed by atoms with Crippen LogP contribution in [0.4, 0.5) is 11.4 Å². The summed E-state index contributed by atoms with van der Waals surface area (Å²) < 4.78 is 5.66. The largest absolute Gasteiger partial charge is 0.372 e. The van der Waals surface area contributed by atoms with Gasteiger partial charge in [-0.2, -0.15) is 0 Å². The van der Waals surface area contributed by atoms with Gasteiger partial charge in [0.15, 0.2) is 0 Å². The highest BCUT2D eigenvalue weighted by atomic mass is 16.5. The van der Waals surface area contributed by atoms with E-state index in [1.165, 1.54) is 4.90 Å². The van der Waals surface area contributed by atoms with Crippen LogP contribution in [0.2, 0.25) is 0 Å². The third kappa shape index (κ3) is 1.96. The zero-order valence-corrected chi connectivity index (χ0v) is 13.3. The number of carbonyl (C=O) groups excluding carboxylic acids is 2. The van der Waals surface area contributed by atoms with E-state index in [0.717, 1.165) is 18.8 Å². The van der Waals surface area contributed by atoms with Crippen LogP contribution >= 0.6 is 0 Å². The van der Waals surface area contributed by atoms with Gasteiger partial charge in [0.2, 0.25) is 11.8 Å². The van der Waals surface area contributed by atoms with Crippen LogP contribution in [0.5, 0.6) is 0 Å². The second-order valence-electron chi connectivity index (χ2n) is 6.20. The van der Waals surface area contributed by atoms with Crippen molar-refractivity contribution in [3.63, 3.8) is 0 Å². The summed E-state index contributed by atoms with van der Waals surface area (Å²) in [6.07, 6.45) is 3.34. The Morgan fingerprint density at radius 1 is 0.957 bits per heavy atom. The van der Waals surface area contributed by atoms with Gasteiger partial charge < -0.3 is 9.64 Å². The van der Waals surface area contributed by atoms with Gasteiger partial charge in [-0.3, -0.25) is 9.59 Å². The van der Waals surface area contributed by atoms with Crippen molar-refractivity contribution in [2.45, 2.75) is 26.1 Å². The van der Waals surface area contributed by atoms with Gasteiger partial charge in [0, 0.05) is 18.8 Å². The Bertz CT molecular complexity index is 648. The number of imide groups is 1. The highest BCUT2D eigenvalue weighted by molar-refractivity contribution is 6.23. The zero-order valence-electron chi connectivity index (χ0n) is 13.3. The number of benzene rings is 1. The monoisotopic (exact) mass is 312 g/mol. The first-order valence-electron chi connectivity index (χ1n) is 8.22. The lowest BCUT2D eigenvalue weighted by Crippen LogP contribution is -2.34. The summed E-state index contributed by atoms with van der Waals surface area (Å²) in [7, 11) is 0. The molecule has 4 rings (SSSR count). The molecule has 2 saturated heterocycles. The number of amides is 2. The van der Waals surface area contributed by atoms with Gasteiger partial charge in [-0.15, -0.1) is 0 Å². The molecule has 5 nitrogen and oxygen atoms in total. The predicted molar refractivity (Wildman–Crippen MR) is 87.3 cm³/mol. The molecule has 0 radical (unpaired) electrons. The lowest BCUT2D eigenvalue weighted by Gasteiger charge is -2.22. The van der Waals surface area contributed by atoms with Gasteiger partial charge in [-0.25, -0.2) is 4.90 Å². The first-order chi connectivity index (χ1) is 11.2. The molecule has 4 atom stereocenters. The number of hydrogen-bond acceptors (Lipinski definition) is 4. The molecule has 0 saturated carbocycles. The maximum absolute atomic E-state index is 12.7. The second kappa shape index (κ2) is 5.20. The number of ether oxygens (including phenoxy) is 1. The first kappa shape index (κ1) is 14.5. The van der Waals surface area contributed by atoms with E-state index in [9.17, 15) is 9.59 Å². The third-order valence-corrected chi connectivity index (χ3v) is 5.15. The topological polar surface area (TPSA) is 49.9 Å². The molecule has 23 heavy (non-hydrogen) atoms. The van der Waals surface area contributed by atoms with E-state index in [-0.39, 0.29) is 35.9 Å². The van der Waals surface area contributed by atoms with Crippen molar-refractivity contribution >= 4 is 23.2 Å². The van der Waals surface area contributed by atoms with Crippen molar-refractivity contribution < 1.29 is 14.3 Å². The van der Waals surface area contributed by atoms with Crippen LogP contribution in [0, 0.1) is 11.8 Å². The van der Waals surface area contributed by atoms with Gasteiger partial charge in [0.25, 0.3) is 0 Å². The quantitative estimate of drug-likeness (QED) is 0.630. The summed E-state index contributed by atoms with van der Waals surface area (Å²) in [4.78, 5) is 29.0. The lowest BCUT2D eigenvalue weighted by molar-refractivity contribution is -0.124. The van der Waals surface area contributed by atoms with E-state index in [2.05, 4.69) is 18.7 Å². The molecule has 0 spiro atoms. The Balaban J connectivity index is 1.62. The Labute approximate surface area is 135 Å². The van der Waals surface area contributed by atoms with Crippen LogP contribution in [0.1, 0.15) is 13.8 Å². The van der Waals surface area contributed by atoms with Gasteiger partial charge in [0.1, 0.15) is 0 Å². The number of fused-ring (bicyclic) bond motifs is 5. The normalized spacial score (nSPS) is 31.1. The molecule has 5 heteroatoms. The lowest BCUT2D eigenvalue weighted by atomic mass is 9.85. The molecule has 1 aromatic carbocycles. The fraction of sp³-hybridized carbons (Fsp3) is 0.444. The molecule has 3 aliphatic rings. The van der Waals surface area contributed by atoms with Gasteiger partial charge >= 0.3 is 0 Å². The summed E-state index contributed by atoms with van der Waals surface area (Å²) in [5, 5.41) is 0. The van der Waals surface area contributed by atoms with Gasteiger partial charge in [0.05, 0.1) is 29.7 Å². The highest BCUT2D eigenvalue weighted by Crippen LogP contribution is 2.46. The average Bonchev–Trinajstić information content (AvgIpc) is 3.24. The molecule has 1 aromatic rings. The van der Waals surface area contributed by atoms with Crippen molar-refractivity contribution in [1.29, 1.82) is 0 Å². The van der Waals surface area contributed by atoms with E-state index < -0.39 is 0 Å². The van der Waals surface area contributed by atoms with Crippen LogP contribution < -0.4 is 9.80 Å². The van der Waals surface area contributed by atoms with Crippen molar-refractivity contribution in [3.05, 3.63) is 36.4 Å². The minimum absolute atomic E-state index is 0.132. The van der Waals surface area contributed by atoms with Crippen molar-refractivity contribution in [2.24, 2.45) is 11.8 Å². The number of anilines is 2. The molecule has 2 fully saturated rings. The maximum atomic E-state index is 12.7. The van der Waals surface area contributed by atoms with E-state index in [4.69, 9.17) is 4.74 Å². The predicted octanol–water partition coefficient (Wildman–Crippen LogP) is 1.98. The van der Waals surface area contributed by atoms with Gasteiger partial charge in [-0.1, -0.05) is 12.2 Å². The molecule has 0 aromatic heterocycles. The van der Waals surface area contributed by atoms with Crippen LogP contribution in [-0.4, -0.2) is 37.1 Å². The fourth-order valence-corrected chi connectivity index (χ4v) is 3.96. The van der Waals surface area contributed by atoms with Crippen molar-refractivity contribution in [1.82, 2.24) is 0 Å². The van der Waals surface area contributed by atoms with Gasteiger partial charge in [-0.05, 0) is 38.1 Å². The minimum Gasteiger partial charge on any atom is -0.372 e. The minimum atomic E-state index is -0.347. The number of rotatable bonds is 4. The highest BCUT2D eigenvalue weighted by Gasteiger charge is 2.60. The molecule has 4 unspecified atom stereocenters. The van der Waals surface area contributed by atoms with Crippen molar-refractivity contribution in [2.75, 3.05) is 22.9 Å². The molecule has 120 valence electrons. The average molecular weight is 312 g/mol. The Hall–Kier alpha value is -2.14. The molecular weight excluding hydrogens is 292 g/mol. The van der Waals surface area contributed by atoms with E-state index in [1.54, 1.807) is 0 Å². The smallest absolute Gasteiger partial charge is 0.240 e. The van der Waals surface area contributed by atoms with Crippen LogP contribution in [-0.2, 0) is 14.3 Å². The number of hydrogen-bond donors (Lipinski definition) is 0. The SMILES string of the molecule is CCN(CC)c1ccc(N2C(=O)C3C4C=CC(O4)C3C2=O)cc1. The third-order valence-electron chi connectivity index (χ3n) is 5.15. The van der Waals surface area contributed by atoms with Crippen molar-refractivity contribution in [3.8, 4) is 0 Å². The van der Waals surface area contributed by atoms with E-state index in [0.29, 0.717) is 5.69 Å². The Morgan fingerprint density at radius 3 is 1.96 bits per heavy atom. The molecule has 2 bridgehead atoms. The zero-order chi connectivity index (χ0) is 16.1. The molecule has 3 heterocycles. The summed E-state index contributed by atoms with van der Waals surface area (Å²) in [6, 6.07) is 7.67. The van der Waals surface area contributed by atoms with Crippen LogP contribution in [0.3, 0.4) is 0 Å². The number of carbonyl (C=O) groups is 2. The van der Waals surface area contributed by atoms with E-state index in [1.807, 2.05) is 36.4 Å². The van der Waals surface area contributed by atoms with Crippen LogP contribution in [0.25, 0.3) is 0 Å².